The number of hydrogen-bond acceptors (Lipinski definition) is 4. The van der Waals surface area contributed by atoms with Gasteiger partial charge in [0.2, 0.25) is 5.91 Å². The number of hydrogen-bond donors (Lipinski definition) is 2. The van der Waals surface area contributed by atoms with Gasteiger partial charge in [0, 0.05) is 33.5 Å². The molecule has 3 fully saturated rings. The smallest absolute Gasteiger partial charge is 0.251 e. The number of rotatable bonds is 5. The van der Waals surface area contributed by atoms with E-state index < -0.39 is 5.91 Å². The van der Waals surface area contributed by atoms with Crippen molar-refractivity contribution in [1.29, 1.82) is 0 Å². The Bertz CT molecular complexity index is 828. The second-order valence-electron chi connectivity index (χ2n) is 7.23. The molecule has 2 aromatic rings. The van der Waals surface area contributed by atoms with Crippen LogP contribution in [0.5, 0.6) is 0 Å². The molecule has 2 bridgehead atoms. The maximum Gasteiger partial charge on any atom is 0.251 e. The van der Waals surface area contributed by atoms with Crippen molar-refractivity contribution in [3.63, 3.8) is 0 Å². The lowest BCUT2D eigenvalue weighted by Crippen LogP contribution is -2.57. The van der Waals surface area contributed by atoms with Gasteiger partial charge in [-0.15, -0.1) is 0 Å². The van der Waals surface area contributed by atoms with Crippen molar-refractivity contribution >= 4 is 23.6 Å². The largest absolute Gasteiger partial charge is 0.366 e. The van der Waals surface area contributed by atoms with Gasteiger partial charge < -0.3 is 16.0 Å². The minimum atomic E-state index is -0.426. The molecule has 3 aliphatic heterocycles. The van der Waals surface area contributed by atoms with Gasteiger partial charge in [0.25, 0.3) is 5.91 Å². The van der Waals surface area contributed by atoms with Crippen LogP contribution in [0.4, 0.5) is 0 Å². The first-order chi connectivity index (χ1) is 13.1. The number of benzene rings is 2. The number of piperidine rings is 3. The van der Waals surface area contributed by atoms with Gasteiger partial charge in [-0.3, -0.25) is 9.59 Å². The molecule has 5 rings (SSSR count). The minimum absolute atomic E-state index is 0.0103. The average Bonchev–Trinajstić information content (AvgIpc) is 2.70. The number of fused-ring (bicyclic) bond motifs is 3. The first-order valence-corrected chi connectivity index (χ1v) is 10.1. The van der Waals surface area contributed by atoms with E-state index in [4.69, 9.17) is 5.73 Å². The monoisotopic (exact) mass is 381 g/mol. The predicted molar refractivity (Wildman–Crippen MR) is 106 cm³/mol. The number of primary amides is 1. The van der Waals surface area contributed by atoms with E-state index in [1.807, 2.05) is 36.4 Å². The SMILES string of the molecule is NC(=O)c1ccc(Sc2ccc(C(=O)N[C@H]3CN4CCC3CC4)cc2)cc1. The van der Waals surface area contributed by atoms with Crippen molar-refractivity contribution in [3.8, 4) is 0 Å². The molecule has 2 amide bonds. The third-order valence-corrected chi connectivity index (χ3v) is 6.48. The van der Waals surface area contributed by atoms with E-state index in [0.717, 1.165) is 16.3 Å². The van der Waals surface area contributed by atoms with Crippen molar-refractivity contribution in [2.24, 2.45) is 11.7 Å². The number of carbonyl (C=O) groups excluding carboxylic acids is 2. The summed E-state index contributed by atoms with van der Waals surface area (Å²) in [4.78, 5) is 28.2. The fourth-order valence-electron chi connectivity index (χ4n) is 3.88. The summed E-state index contributed by atoms with van der Waals surface area (Å²) >= 11 is 1.58. The van der Waals surface area contributed by atoms with Gasteiger partial charge in [-0.1, -0.05) is 11.8 Å². The Balaban J connectivity index is 1.36. The van der Waals surface area contributed by atoms with Crippen LogP contribution in [0.15, 0.2) is 58.3 Å². The normalized spacial score (nSPS) is 23.8. The molecule has 0 aliphatic carbocycles. The van der Waals surface area contributed by atoms with Gasteiger partial charge in [0.05, 0.1) is 0 Å². The Hall–Kier alpha value is -2.31. The van der Waals surface area contributed by atoms with Crippen LogP contribution in [0.3, 0.4) is 0 Å². The van der Waals surface area contributed by atoms with Crippen molar-refractivity contribution in [2.45, 2.75) is 28.7 Å². The molecule has 3 saturated heterocycles. The molecule has 0 aromatic heterocycles. The van der Waals surface area contributed by atoms with Crippen LogP contribution in [0.1, 0.15) is 33.6 Å². The highest BCUT2D eigenvalue weighted by Crippen LogP contribution is 2.29. The molecule has 3 heterocycles. The van der Waals surface area contributed by atoms with Crippen LogP contribution in [0.25, 0.3) is 0 Å². The van der Waals surface area contributed by atoms with Crippen molar-refractivity contribution in [2.75, 3.05) is 19.6 Å². The summed E-state index contributed by atoms with van der Waals surface area (Å²) in [5, 5.41) is 3.22. The standard InChI is InChI=1S/C21H23N3O2S/c22-20(25)15-1-5-17(6-2-15)27-18-7-3-16(4-8-18)21(26)23-19-13-24-11-9-14(19)10-12-24/h1-8,14,19H,9-13H2,(H2,22,25)(H,23,26)/t19-/m0/s1. The van der Waals surface area contributed by atoms with Crippen molar-refractivity contribution in [3.05, 3.63) is 59.7 Å². The summed E-state index contributed by atoms with van der Waals surface area (Å²) in [5.74, 6) is 0.207. The number of nitrogens with two attached hydrogens (primary N) is 1. The number of amides is 2. The van der Waals surface area contributed by atoms with E-state index in [-0.39, 0.29) is 11.9 Å². The van der Waals surface area contributed by atoms with Crippen molar-refractivity contribution in [1.82, 2.24) is 10.2 Å². The van der Waals surface area contributed by atoms with Crippen LogP contribution >= 0.6 is 11.8 Å². The quantitative estimate of drug-likeness (QED) is 0.835. The molecule has 0 saturated carbocycles. The zero-order chi connectivity index (χ0) is 18.8. The molecule has 0 unspecified atom stereocenters. The third-order valence-electron chi connectivity index (χ3n) is 5.46. The Kier molecular flexibility index (Phi) is 5.18. The first kappa shape index (κ1) is 18.1. The first-order valence-electron chi connectivity index (χ1n) is 9.29. The highest BCUT2D eigenvalue weighted by Gasteiger charge is 2.34. The van der Waals surface area contributed by atoms with E-state index >= 15 is 0 Å². The second kappa shape index (κ2) is 7.74. The van der Waals surface area contributed by atoms with Gasteiger partial charge in [0.15, 0.2) is 0 Å². The van der Waals surface area contributed by atoms with Gasteiger partial charge in [-0.25, -0.2) is 0 Å². The van der Waals surface area contributed by atoms with Gasteiger partial charge in [-0.2, -0.15) is 0 Å². The summed E-state index contributed by atoms with van der Waals surface area (Å²) in [5.41, 5.74) is 6.46. The highest BCUT2D eigenvalue weighted by atomic mass is 32.2. The van der Waals surface area contributed by atoms with Gasteiger partial charge in [0.1, 0.15) is 0 Å². The van der Waals surface area contributed by atoms with Crippen LogP contribution in [-0.4, -0.2) is 42.4 Å². The number of nitrogens with one attached hydrogen (secondary N) is 1. The molecule has 2 aromatic carbocycles. The number of carbonyl (C=O) groups is 2. The summed E-state index contributed by atoms with van der Waals surface area (Å²) < 4.78 is 0. The second-order valence-corrected chi connectivity index (χ2v) is 8.38. The summed E-state index contributed by atoms with van der Waals surface area (Å²) in [6.07, 6.45) is 2.38. The molecule has 3 N–H and O–H groups in total. The summed E-state index contributed by atoms with van der Waals surface area (Å²) in [6.45, 7) is 3.32. The van der Waals surface area contributed by atoms with E-state index in [2.05, 4.69) is 10.2 Å². The molecule has 5 nitrogen and oxygen atoms in total. The lowest BCUT2D eigenvalue weighted by Gasteiger charge is -2.44. The maximum atomic E-state index is 12.6. The molecule has 0 radical (unpaired) electrons. The predicted octanol–water partition coefficient (Wildman–Crippen LogP) is 2.76. The average molecular weight is 382 g/mol. The topological polar surface area (TPSA) is 75.4 Å². The molecule has 6 heteroatoms. The Morgan fingerprint density at radius 2 is 1.48 bits per heavy atom. The fraction of sp³-hybridized carbons (Fsp3) is 0.333. The van der Waals surface area contributed by atoms with Crippen molar-refractivity contribution < 1.29 is 9.59 Å². The molecule has 27 heavy (non-hydrogen) atoms. The zero-order valence-corrected chi connectivity index (χ0v) is 15.9. The Labute approximate surface area is 163 Å². The summed E-state index contributed by atoms with van der Waals surface area (Å²) in [7, 11) is 0. The van der Waals surface area contributed by atoms with Gasteiger partial charge in [-0.05, 0) is 80.4 Å². The Morgan fingerprint density at radius 3 is 1.96 bits per heavy atom. The molecular formula is C21H23N3O2S. The van der Waals surface area contributed by atoms with Crippen LogP contribution < -0.4 is 11.1 Å². The van der Waals surface area contributed by atoms with Crippen LogP contribution in [-0.2, 0) is 0 Å². The minimum Gasteiger partial charge on any atom is -0.366 e. The maximum absolute atomic E-state index is 12.6. The third kappa shape index (κ3) is 4.17. The molecule has 1 atom stereocenters. The van der Waals surface area contributed by atoms with E-state index in [1.165, 1.54) is 25.9 Å². The zero-order valence-electron chi connectivity index (χ0n) is 15.1. The highest BCUT2D eigenvalue weighted by molar-refractivity contribution is 7.99. The molecular weight excluding hydrogens is 358 g/mol. The van der Waals surface area contributed by atoms with Crippen LogP contribution in [0, 0.1) is 5.92 Å². The summed E-state index contributed by atoms with van der Waals surface area (Å²) in [6, 6.07) is 15.1. The van der Waals surface area contributed by atoms with E-state index in [0.29, 0.717) is 17.0 Å². The van der Waals surface area contributed by atoms with Gasteiger partial charge >= 0.3 is 0 Å². The lowest BCUT2D eigenvalue weighted by molar-refractivity contribution is 0.0620. The van der Waals surface area contributed by atoms with E-state index in [1.54, 1.807) is 23.9 Å². The molecule has 0 spiro atoms. The van der Waals surface area contributed by atoms with E-state index in [9.17, 15) is 9.59 Å². The fourth-order valence-corrected chi connectivity index (χ4v) is 4.69. The molecule has 140 valence electrons. The van der Waals surface area contributed by atoms with Crippen LogP contribution in [0.2, 0.25) is 0 Å². The lowest BCUT2D eigenvalue weighted by atomic mass is 9.84. The molecule has 3 aliphatic rings. The number of nitrogens with zero attached hydrogens (tertiary/aromatic N) is 1. The Morgan fingerprint density at radius 1 is 0.926 bits per heavy atom.